The Labute approximate surface area is 205 Å². The quantitative estimate of drug-likeness (QED) is 0.168. The summed E-state index contributed by atoms with van der Waals surface area (Å²) in [7, 11) is 4.94. The highest BCUT2D eigenvalue weighted by Crippen LogP contribution is 2.52. The number of halogens is 1. The second kappa shape index (κ2) is 10.5. The molecule has 1 saturated heterocycles. The standard InChI is InChI=1S/C23H30N4O4.HI/c1-24-23(25-9-8-14-4-7-17(30-2)18(12-14)31-3)26-10-11-27-21(28)19-15-5-6-16(13-15)20(19)22(27)29;/h4-7,12,15-16,19-20H,8-11,13H2,1-3H3,(H2,24,25,26);1H. The summed E-state index contributed by atoms with van der Waals surface area (Å²) in [5, 5.41) is 6.46. The molecule has 0 aromatic heterocycles. The summed E-state index contributed by atoms with van der Waals surface area (Å²) in [5.74, 6) is 2.25. The molecule has 174 valence electrons. The first-order valence-electron chi connectivity index (χ1n) is 10.8. The Balaban J connectivity index is 0.00000289. The van der Waals surface area contributed by atoms with Gasteiger partial charge in [0.15, 0.2) is 17.5 Å². The fraction of sp³-hybridized carbons (Fsp3) is 0.522. The van der Waals surface area contributed by atoms with Crippen molar-refractivity contribution in [3.05, 3.63) is 35.9 Å². The van der Waals surface area contributed by atoms with Gasteiger partial charge in [0.05, 0.1) is 26.1 Å². The van der Waals surface area contributed by atoms with Gasteiger partial charge in [0.2, 0.25) is 11.8 Å². The van der Waals surface area contributed by atoms with Gasteiger partial charge in [0, 0.05) is 26.7 Å². The molecule has 0 spiro atoms. The minimum Gasteiger partial charge on any atom is -0.493 e. The van der Waals surface area contributed by atoms with Gasteiger partial charge in [-0.2, -0.15) is 0 Å². The molecule has 3 aliphatic rings. The van der Waals surface area contributed by atoms with Crippen molar-refractivity contribution in [1.29, 1.82) is 0 Å². The molecule has 1 saturated carbocycles. The molecule has 32 heavy (non-hydrogen) atoms. The molecule has 4 atom stereocenters. The van der Waals surface area contributed by atoms with Crippen molar-refractivity contribution in [1.82, 2.24) is 15.5 Å². The predicted molar refractivity (Wildman–Crippen MR) is 132 cm³/mol. The van der Waals surface area contributed by atoms with E-state index in [-0.39, 0.29) is 59.5 Å². The largest absolute Gasteiger partial charge is 0.493 e. The SMILES string of the molecule is CN=C(NCCc1ccc(OC)c(OC)c1)NCCN1C(=O)C2C3C=CC(C3)C2C1=O.I. The van der Waals surface area contributed by atoms with E-state index in [4.69, 9.17) is 9.47 Å². The number of aliphatic imine (C=N–C) groups is 1. The lowest BCUT2D eigenvalue weighted by molar-refractivity contribution is -0.140. The van der Waals surface area contributed by atoms with Gasteiger partial charge in [-0.25, -0.2) is 0 Å². The van der Waals surface area contributed by atoms with Crippen molar-refractivity contribution in [2.75, 3.05) is 40.9 Å². The number of nitrogens with zero attached hydrogens (tertiary/aromatic N) is 2. The first kappa shape index (κ1) is 24.3. The number of ether oxygens (including phenoxy) is 2. The summed E-state index contributed by atoms with van der Waals surface area (Å²) in [6.07, 6.45) is 5.96. The molecule has 2 fully saturated rings. The van der Waals surface area contributed by atoms with Crippen molar-refractivity contribution in [3.63, 3.8) is 0 Å². The van der Waals surface area contributed by atoms with E-state index in [1.54, 1.807) is 21.3 Å². The third kappa shape index (κ3) is 4.57. The Morgan fingerprint density at radius 3 is 2.25 bits per heavy atom. The van der Waals surface area contributed by atoms with Crippen molar-refractivity contribution in [3.8, 4) is 11.5 Å². The Morgan fingerprint density at radius 1 is 1.03 bits per heavy atom. The van der Waals surface area contributed by atoms with Crippen molar-refractivity contribution in [2.45, 2.75) is 12.8 Å². The molecule has 1 aromatic rings. The molecule has 4 rings (SSSR count). The van der Waals surface area contributed by atoms with E-state index in [2.05, 4.69) is 27.8 Å². The number of allylic oxidation sites excluding steroid dienone is 2. The molecule has 2 aliphatic carbocycles. The number of guanidine groups is 1. The second-order valence-corrected chi connectivity index (χ2v) is 8.19. The van der Waals surface area contributed by atoms with Crippen LogP contribution < -0.4 is 20.1 Å². The number of benzene rings is 1. The summed E-state index contributed by atoms with van der Waals surface area (Å²) < 4.78 is 10.6. The lowest BCUT2D eigenvalue weighted by atomic mass is 9.85. The van der Waals surface area contributed by atoms with Gasteiger partial charge >= 0.3 is 0 Å². The third-order valence-corrected chi connectivity index (χ3v) is 6.57. The predicted octanol–water partition coefficient (Wildman–Crippen LogP) is 1.84. The number of carbonyl (C=O) groups excluding carboxylic acids is 2. The Hall–Kier alpha value is -2.30. The number of hydrogen-bond acceptors (Lipinski definition) is 5. The smallest absolute Gasteiger partial charge is 0.233 e. The highest BCUT2D eigenvalue weighted by molar-refractivity contribution is 14.0. The first-order chi connectivity index (χ1) is 15.1. The number of imide groups is 1. The number of likely N-dealkylation sites (tertiary alicyclic amines) is 1. The lowest BCUT2D eigenvalue weighted by Crippen LogP contribution is -2.44. The normalized spacial score (nSPS) is 25.6. The summed E-state index contributed by atoms with van der Waals surface area (Å²) in [5.41, 5.74) is 1.11. The molecular formula is C23H31IN4O4. The minimum absolute atomic E-state index is 0. The summed E-state index contributed by atoms with van der Waals surface area (Å²) >= 11 is 0. The molecule has 9 heteroatoms. The highest BCUT2D eigenvalue weighted by atomic mass is 127. The highest BCUT2D eigenvalue weighted by Gasteiger charge is 2.58. The Bertz CT molecular complexity index is 889. The number of methoxy groups -OCH3 is 2. The molecule has 1 aromatic carbocycles. The Kier molecular flexibility index (Phi) is 8.02. The molecule has 2 amide bonds. The molecule has 1 heterocycles. The number of amides is 2. The van der Waals surface area contributed by atoms with E-state index in [0.717, 1.165) is 18.4 Å². The summed E-state index contributed by atoms with van der Waals surface area (Å²) in [6, 6.07) is 5.85. The van der Waals surface area contributed by atoms with Crippen LogP contribution in [-0.4, -0.2) is 63.6 Å². The van der Waals surface area contributed by atoms with Gasteiger partial charge in [-0.1, -0.05) is 18.2 Å². The van der Waals surface area contributed by atoms with Crippen molar-refractivity contribution < 1.29 is 19.1 Å². The van der Waals surface area contributed by atoms with E-state index >= 15 is 0 Å². The fourth-order valence-electron chi connectivity index (χ4n) is 5.05. The number of hydrogen-bond donors (Lipinski definition) is 2. The van der Waals surface area contributed by atoms with Crippen LogP contribution in [0.5, 0.6) is 11.5 Å². The van der Waals surface area contributed by atoms with E-state index in [1.165, 1.54) is 4.90 Å². The monoisotopic (exact) mass is 554 g/mol. The zero-order valence-electron chi connectivity index (χ0n) is 18.7. The van der Waals surface area contributed by atoms with Crippen LogP contribution in [0.15, 0.2) is 35.3 Å². The van der Waals surface area contributed by atoms with Gasteiger partial charge in [0.25, 0.3) is 0 Å². The van der Waals surface area contributed by atoms with Crippen molar-refractivity contribution >= 4 is 41.8 Å². The molecule has 8 nitrogen and oxygen atoms in total. The first-order valence-corrected chi connectivity index (χ1v) is 10.8. The van der Waals surface area contributed by atoms with Gasteiger partial charge in [-0.05, 0) is 42.4 Å². The van der Waals surface area contributed by atoms with Crippen LogP contribution in [0.3, 0.4) is 0 Å². The zero-order chi connectivity index (χ0) is 22.0. The maximum absolute atomic E-state index is 12.7. The summed E-state index contributed by atoms with van der Waals surface area (Å²) in [6.45, 7) is 1.51. The van der Waals surface area contributed by atoms with Crippen LogP contribution in [0, 0.1) is 23.7 Å². The number of nitrogens with one attached hydrogen (secondary N) is 2. The topological polar surface area (TPSA) is 92.3 Å². The molecule has 4 unspecified atom stereocenters. The van der Waals surface area contributed by atoms with Crippen molar-refractivity contribution in [2.24, 2.45) is 28.7 Å². The molecular weight excluding hydrogens is 523 g/mol. The lowest BCUT2D eigenvalue weighted by Gasteiger charge is -2.18. The second-order valence-electron chi connectivity index (χ2n) is 8.19. The maximum atomic E-state index is 12.7. The van der Waals surface area contributed by atoms with E-state index in [0.29, 0.717) is 37.1 Å². The van der Waals surface area contributed by atoms with Crippen LogP contribution in [0.25, 0.3) is 0 Å². The van der Waals surface area contributed by atoms with Gasteiger partial charge < -0.3 is 20.1 Å². The van der Waals surface area contributed by atoms with E-state index in [9.17, 15) is 9.59 Å². The number of carbonyl (C=O) groups is 2. The fourth-order valence-corrected chi connectivity index (χ4v) is 5.05. The summed E-state index contributed by atoms with van der Waals surface area (Å²) in [4.78, 5) is 31.1. The minimum atomic E-state index is -0.138. The molecule has 2 bridgehead atoms. The van der Waals surface area contributed by atoms with Crippen LogP contribution in [0.1, 0.15) is 12.0 Å². The van der Waals surface area contributed by atoms with Crippen LogP contribution in [-0.2, 0) is 16.0 Å². The maximum Gasteiger partial charge on any atom is 0.233 e. The molecule has 1 aliphatic heterocycles. The number of rotatable bonds is 8. The van der Waals surface area contributed by atoms with Crippen LogP contribution in [0.4, 0.5) is 0 Å². The van der Waals surface area contributed by atoms with E-state index in [1.807, 2.05) is 18.2 Å². The molecule has 2 N–H and O–H groups in total. The van der Waals surface area contributed by atoms with Gasteiger partial charge in [-0.15, -0.1) is 24.0 Å². The van der Waals surface area contributed by atoms with Crippen LogP contribution in [0.2, 0.25) is 0 Å². The zero-order valence-corrected chi connectivity index (χ0v) is 21.0. The van der Waals surface area contributed by atoms with Gasteiger partial charge in [0.1, 0.15) is 0 Å². The van der Waals surface area contributed by atoms with Gasteiger partial charge in [-0.3, -0.25) is 19.5 Å². The molecule has 0 radical (unpaired) electrons. The van der Waals surface area contributed by atoms with E-state index < -0.39 is 0 Å². The van der Waals surface area contributed by atoms with Crippen LogP contribution >= 0.6 is 24.0 Å². The third-order valence-electron chi connectivity index (χ3n) is 6.57. The average Bonchev–Trinajstić information content (AvgIpc) is 3.47. The number of fused-ring (bicyclic) bond motifs is 5. The average molecular weight is 554 g/mol. The Morgan fingerprint density at radius 2 is 1.66 bits per heavy atom.